The third kappa shape index (κ3) is 3.55. The molecule has 0 aliphatic rings. The molecule has 2 aromatic rings. The van der Waals surface area contributed by atoms with E-state index < -0.39 is 6.10 Å². The molecular weight excluding hydrogens is 238 g/mol. The average molecular weight is 257 g/mol. The zero-order chi connectivity index (χ0) is 13.7. The fourth-order valence-electron chi connectivity index (χ4n) is 1.88. The lowest BCUT2D eigenvalue weighted by Gasteiger charge is -2.12. The van der Waals surface area contributed by atoms with Gasteiger partial charge in [-0.2, -0.15) is 0 Å². The number of hydrogen-bond donors (Lipinski definition) is 1. The molecule has 1 aromatic heterocycles. The summed E-state index contributed by atoms with van der Waals surface area (Å²) >= 11 is 0. The van der Waals surface area contributed by atoms with Gasteiger partial charge in [-0.25, -0.2) is 4.98 Å². The summed E-state index contributed by atoms with van der Waals surface area (Å²) in [6, 6.07) is 11.9. The van der Waals surface area contributed by atoms with Crippen molar-refractivity contribution in [1.29, 1.82) is 0 Å². The summed E-state index contributed by atoms with van der Waals surface area (Å²) in [5.41, 5.74) is 2.90. The van der Waals surface area contributed by atoms with Gasteiger partial charge in [0.05, 0.1) is 6.10 Å². The lowest BCUT2D eigenvalue weighted by atomic mass is 10.1. The van der Waals surface area contributed by atoms with Gasteiger partial charge in [0.2, 0.25) is 5.88 Å². The van der Waals surface area contributed by atoms with Crippen LogP contribution in [0.15, 0.2) is 42.6 Å². The molecule has 1 atom stereocenters. The minimum atomic E-state index is -0.450. The van der Waals surface area contributed by atoms with E-state index in [1.165, 1.54) is 0 Å². The molecule has 0 aliphatic heterocycles. The average Bonchev–Trinajstić information content (AvgIpc) is 2.46. The molecule has 0 saturated carbocycles. The van der Waals surface area contributed by atoms with Gasteiger partial charge < -0.3 is 9.84 Å². The van der Waals surface area contributed by atoms with Crippen LogP contribution >= 0.6 is 0 Å². The van der Waals surface area contributed by atoms with E-state index in [2.05, 4.69) is 4.98 Å². The van der Waals surface area contributed by atoms with Crippen LogP contribution in [0.4, 0.5) is 0 Å². The standard InChI is InChI=1S/C16H19NO2/c1-3-15(18)14-9-12(2)16(17-10-14)19-11-13-7-5-4-6-8-13/h4-10,15,18H,3,11H2,1-2H3/t15-/m0/s1. The van der Waals surface area contributed by atoms with E-state index in [0.29, 0.717) is 18.9 Å². The zero-order valence-electron chi connectivity index (χ0n) is 11.3. The van der Waals surface area contributed by atoms with Crippen molar-refractivity contribution in [2.45, 2.75) is 33.0 Å². The van der Waals surface area contributed by atoms with Crippen LogP contribution in [0.1, 0.15) is 36.1 Å². The first-order valence-corrected chi connectivity index (χ1v) is 6.52. The molecule has 0 unspecified atom stereocenters. The van der Waals surface area contributed by atoms with Crippen LogP contribution in [0.3, 0.4) is 0 Å². The molecular formula is C16H19NO2. The summed E-state index contributed by atoms with van der Waals surface area (Å²) in [6.45, 7) is 4.39. The summed E-state index contributed by atoms with van der Waals surface area (Å²) in [6.07, 6.45) is 1.92. The molecule has 19 heavy (non-hydrogen) atoms. The van der Waals surface area contributed by atoms with Gasteiger partial charge in [0, 0.05) is 11.8 Å². The normalized spacial score (nSPS) is 12.2. The van der Waals surface area contributed by atoms with Crippen molar-refractivity contribution in [3.05, 3.63) is 59.3 Å². The predicted molar refractivity (Wildman–Crippen MR) is 75.0 cm³/mol. The van der Waals surface area contributed by atoms with Crippen molar-refractivity contribution in [2.24, 2.45) is 0 Å². The maximum Gasteiger partial charge on any atom is 0.216 e. The van der Waals surface area contributed by atoms with Crippen molar-refractivity contribution < 1.29 is 9.84 Å². The van der Waals surface area contributed by atoms with Crippen molar-refractivity contribution >= 4 is 0 Å². The van der Waals surface area contributed by atoms with E-state index in [9.17, 15) is 5.11 Å². The van der Waals surface area contributed by atoms with E-state index in [1.54, 1.807) is 6.20 Å². The number of aliphatic hydroxyl groups is 1. The van der Waals surface area contributed by atoms with Crippen LogP contribution in [0.25, 0.3) is 0 Å². The van der Waals surface area contributed by atoms with Crippen molar-refractivity contribution in [1.82, 2.24) is 4.98 Å². The van der Waals surface area contributed by atoms with Crippen LogP contribution in [0.2, 0.25) is 0 Å². The Morgan fingerprint density at radius 3 is 2.63 bits per heavy atom. The number of aliphatic hydroxyl groups excluding tert-OH is 1. The van der Waals surface area contributed by atoms with Crippen LogP contribution in [-0.4, -0.2) is 10.1 Å². The molecule has 0 bridgehead atoms. The monoisotopic (exact) mass is 257 g/mol. The number of benzene rings is 1. The largest absolute Gasteiger partial charge is 0.473 e. The Labute approximate surface area is 113 Å². The fraction of sp³-hybridized carbons (Fsp3) is 0.312. The smallest absolute Gasteiger partial charge is 0.216 e. The van der Waals surface area contributed by atoms with E-state index in [-0.39, 0.29) is 0 Å². The maximum absolute atomic E-state index is 9.77. The minimum absolute atomic E-state index is 0.450. The number of aromatic nitrogens is 1. The molecule has 0 spiro atoms. The number of pyridine rings is 1. The van der Waals surface area contributed by atoms with Crippen molar-refractivity contribution in [2.75, 3.05) is 0 Å². The molecule has 0 fully saturated rings. The SMILES string of the molecule is CC[C@H](O)c1cnc(OCc2ccccc2)c(C)c1. The van der Waals surface area contributed by atoms with Crippen molar-refractivity contribution in [3.63, 3.8) is 0 Å². The topological polar surface area (TPSA) is 42.4 Å². The first-order chi connectivity index (χ1) is 9.20. The molecule has 1 N–H and O–H groups in total. The Kier molecular flexibility index (Phi) is 4.53. The van der Waals surface area contributed by atoms with Crippen molar-refractivity contribution in [3.8, 4) is 5.88 Å². The highest BCUT2D eigenvalue weighted by Gasteiger charge is 2.09. The summed E-state index contributed by atoms with van der Waals surface area (Å²) in [5, 5.41) is 9.77. The van der Waals surface area contributed by atoms with Gasteiger partial charge in [-0.3, -0.25) is 0 Å². The maximum atomic E-state index is 9.77. The van der Waals surface area contributed by atoms with Gasteiger partial charge >= 0.3 is 0 Å². The summed E-state index contributed by atoms with van der Waals surface area (Å²) in [4.78, 5) is 4.28. The molecule has 0 saturated heterocycles. The first kappa shape index (κ1) is 13.6. The van der Waals surface area contributed by atoms with Gasteiger partial charge in [-0.1, -0.05) is 37.3 Å². The Morgan fingerprint density at radius 1 is 1.26 bits per heavy atom. The molecule has 1 heterocycles. The summed E-state index contributed by atoms with van der Waals surface area (Å²) in [5.74, 6) is 0.621. The number of nitrogens with zero attached hydrogens (tertiary/aromatic N) is 1. The summed E-state index contributed by atoms with van der Waals surface area (Å²) in [7, 11) is 0. The highest BCUT2D eigenvalue weighted by molar-refractivity contribution is 5.30. The number of aryl methyl sites for hydroxylation is 1. The lowest BCUT2D eigenvalue weighted by Crippen LogP contribution is -2.02. The lowest BCUT2D eigenvalue weighted by molar-refractivity contribution is 0.173. The quantitative estimate of drug-likeness (QED) is 0.892. The van der Waals surface area contributed by atoms with Crippen LogP contribution in [0.5, 0.6) is 5.88 Å². The zero-order valence-corrected chi connectivity index (χ0v) is 11.3. The third-order valence-electron chi connectivity index (χ3n) is 3.04. The van der Waals surface area contributed by atoms with Gasteiger partial charge in [0.25, 0.3) is 0 Å². The van der Waals surface area contributed by atoms with E-state index in [1.807, 2.05) is 50.2 Å². The Hall–Kier alpha value is -1.87. The second-order valence-electron chi connectivity index (χ2n) is 4.59. The molecule has 3 heteroatoms. The van der Waals surface area contributed by atoms with E-state index in [0.717, 1.165) is 16.7 Å². The molecule has 3 nitrogen and oxygen atoms in total. The van der Waals surface area contributed by atoms with Gasteiger partial charge in [-0.15, -0.1) is 0 Å². The second-order valence-corrected chi connectivity index (χ2v) is 4.59. The number of hydrogen-bond acceptors (Lipinski definition) is 3. The highest BCUT2D eigenvalue weighted by Crippen LogP contribution is 2.22. The highest BCUT2D eigenvalue weighted by atomic mass is 16.5. The Balaban J connectivity index is 2.05. The first-order valence-electron chi connectivity index (χ1n) is 6.52. The van der Waals surface area contributed by atoms with Gasteiger partial charge in [-0.05, 0) is 30.5 Å². The van der Waals surface area contributed by atoms with Gasteiger partial charge in [0.1, 0.15) is 6.61 Å². The predicted octanol–water partition coefficient (Wildman–Crippen LogP) is 3.41. The minimum Gasteiger partial charge on any atom is -0.473 e. The fourth-order valence-corrected chi connectivity index (χ4v) is 1.88. The molecule has 0 amide bonds. The molecule has 100 valence electrons. The molecule has 1 aromatic carbocycles. The number of rotatable bonds is 5. The van der Waals surface area contributed by atoms with Crippen LogP contribution in [0, 0.1) is 6.92 Å². The van der Waals surface area contributed by atoms with Crippen LogP contribution in [-0.2, 0) is 6.61 Å². The van der Waals surface area contributed by atoms with E-state index >= 15 is 0 Å². The van der Waals surface area contributed by atoms with Gasteiger partial charge in [0.15, 0.2) is 0 Å². The summed E-state index contributed by atoms with van der Waals surface area (Å²) < 4.78 is 5.70. The van der Waals surface area contributed by atoms with Crippen LogP contribution < -0.4 is 4.74 Å². The Morgan fingerprint density at radius 2 is 2.00 bits per heavy atom. The third-order valence-corrected chi connectivity index (χ3v) is 3.04. The Bertz CT molecular complexity index is 526. The molecule has 0 aliphatic carbocycles. The second kappa shape index (κ2) is 6.34. The van der Waals surface area contributed by atoms with E-state index in [4.69, 9.17) is 4.74 Å². The molecule has 0 radical (unpaired) electrons. The molecule has 2 rings (SSSR count). The number of ether oxygens (including phenoxy) is 1.